The average molecular weight is 1490 g/mol. The molecule has 11 heterocycles. The largest absolute Gasteiger partial charge is 0.481 e. The van der Waals surface area contributed by atoms with Crippen LogP contribution < -0.4 is 0 Å². The lowest BCUT2D eigenvalue weighted by Crippen LogP contribution is -2.30. The van der Waals surface area contributed by atoms with Gasteiger partial charge >= 0.3 is 11.9 Å². The Hall–Kier alpha value is -7.23. The number of aromatic nitrogens is 3. The number of pyridine rings is 1. The zero-order chi connectivity index (χ0) is 70.0. The van der Waals surface area contributed by atoms with E-state index < -0.39 is 11.9 Å². The minimum Gasteiger partial charge on any atom is -0.481 e. The van der Waals surface area contributed by atoms with E-state index >= 15 is 0 Å². The fourth-order valence-corrected chi connectivity index (χ4v) is 20.3. The van der Waals surface area contributed by atoms with Gasteiger partial charge in [0.1, 0.15) is 11.0 Å². The molecule has 0 saturated heterocycles. The molecule has 0 fully saturated rings. The van der Waals surface area contributed by atoms with Crippen molar-refractivity contribution < 1.29 is 53.2 Å². The lowest BCUT2D eigenvalue weighted by atomic mass is 10.0. The highest BCUT2D eigenvalue weighted by Gasteiger charge is 2.24. The zero-order valence-electron chi connectivity index (χ0n) is 56.2. The van der Waals surface area contributed by atoms with Crippen molar-refractivity contribution in [2.75, 3.05) is 33.5 Å². The zero-order valence-corrected chi connectivity index (χ0v) is 63.5. The number of aliphatic carboxylic acids is 2. The topological polar surface area (TPSA) is 212 Å². The van der Waals surface area contributed by atoms with E-state index in [1.54, 1.807) is 75.1 Å². The van der Waals surface area contributed by atoms with Crippen LogP contribution in [0.3, 0.4) is 0 Å². The van der Waals surface area contributed by atoms with Crippen LogP contribution in [-0.4, -0.2) is 99.0 Å². The molecule has 24 heteroatoms. The summed E-state index contributed by atoms with van der Waals surface area (Å²) in [6, 6.07) is 23.7. The maximum atomic E-state index is 11.3. The fourth-order valence-electron chi connectivity index (χ4n) is 11.4. The van der Waals surface area contributed by atoms with Gasteiger partial charge in [-0.2, -0.15) is 8.75 Å². The van der Waals surface area contributed by atoms with E-state index in [1.807, 2.05) is 35.8 Å². The van der Waals surface area contributed by atoms with Crippen molar-refractivity contribution >= 4 is 160 Å². The van der Waals surface area contributed by atoms with Crippen LogP contribution in [-0.2, 0) is 81.5 Å². The maximum Gasteiger partial charge on any atom is 0.303 e. The monoisotopic (exact) mass is 1490 g/mol. The molecule has 1 aliphatic heterocycles. The lowest BCUT2D eigenvalue weighted by Gasteiger charge is -2.12. The molecule has 11 aromatic rings. The molecule has 514 valence electrons. The molecule has 12 rings (SSSR count). The smallest absolute Gasteiger partial charge is 0.303 e. The van der Waals surface area contributed by atoms with Crippen LogP contribution in [0.1, 0.15) is 111 Å². The van der Waals surface area contributed by atoms with E-state index in [0.29, 0.717) is 58.4 Å². The number of carboxylic acid groups (broad SMARTS) is 2. The summed E-state index contributed by atoms with van der Waals surface area (Å²) >= 11 is 15.2. The highest BCUT2D eigenvalue weighted by molar-refractivity contribution is 7.24. The molecule has 1 aliphatic rings. The summed E-state index contributed by atoms with van der Waals surface area (Å²) in [4.78, 5) is 88.8. The molecular formula is C74H78N4O11S9. The number of fused-ring (bicyclic) bond motifs is 2. The molecular weight excluding hydrogens is 1410 g/mol. The molecule has 0 saturated carbocycles. The van der Waals surface area contributed by atoms with Crippen LogP contribution in [0, 0.1) is 55.4 Å². The van der Waals surface area contributed by atoms with E-state index in [1.165, 1.54) is 104 Å². The third-order valence-corrected chi connectivity index (χ3v) is 25.7. The van der Waals surface area contributed by atoms with E-state index in [2.05, 4.69) is 129 Å². The number of ether oxygens (including phenoxy) is 3. The first-order valence-corrected chi connectivity index (χ1v) is 39.3. The van der Waals surface area contributed by atoms with Crippen molar-refractivity contribution in [2.45, 2.75) is 132 Å². The first-order chi connectivity index (χ1) is 47.2. The van der Waals surface area contributed by atoms with Crippen LogP contribution in [0.15, 0.2) is 90.5 Å². The van der Waals surface area contributed by atoms with Gasteiger partial charge in [0.2, 0.25) is 0 Å². The van der Waals surface area contributed by atoms with Crippen molar-refractivity contribution in [1.82, 2.24) is 18.6 Å². The number of amides is 2. The van der Waals surface area contributed by atoms with Crippen molar-refractivity contribution in [1.29, 1.82) is 0 Å². The number of benzene rings is 1. The van der Waals surface area contributed by atoms with Gasteiger partial charge in [0.05, 0.1) is 40.2 Å². The Balaban J connectivity index is 0.000000164. The number of hydrogen-bond acceptors (Lipinski definition) is 21. The number of unbranched alkanes of at least 4 members (excludes halogenated alkanes) is 2. The van der Waals surface area contributed by atoms with Gasteiger partial charge in [-0.1, -0.05) is 12.1 Å². The van der Waals surface area contributed by atoms with Crippen LogP contribution >= 0.6 is 102 Å². The molecule has 0 atom stereocenters. The molecule has 15 nitrogen and oxygen atoms in total. The van der Waals surface area contributed by atoms with Gasteiger partial charge < -0.3 is 24.4 Å². The Morgan fingerprint density at radius 1 is 0.490 bits per heavy atom. The summed E-state index contributed by atoms with van der Waals surface area (Å²) in [5, 5.41) is 21.3. The molecule has 2 N–H and O–H groups in total. The number of imide groups is 1. The van der Waals surface area contributed by atoms with Crippen LogP contribution in [0.5, 0.6) is 0 Å². The SMILES string of the molecule is COCCCCc1cc(C)sc1C.Cc1cc(CCCCN2C(=O)C=CC2=O)c(C)s1.Cc1sc(-c2ccc(-c3ccc(-c4cc(CCOC=O)c(C)s4)c4nsnc34)s2)cc1CCC(=O)O.Cc1sc(-c2cnc(-c3cc(CCOC=O)c(C)s3)c3sccc23)cc1CCC(=O)O. The summed E-state index contributed by atoms with van der Waals surface area (Å²) in [6.45, 7) is 20.1. The third-order valence-electron chi connectivity index (χ3n) is 16.5. The first kappa shape index (κ1) is 75.0. The second kappa shape index (κ2) is 36.2. The van der Waals surface area contributed by atoms with Crippen molar-refractivity contribution in [3.8, 4) is 51.6 Å². The number of nitrogens with zero attached hydrogens (tertiary/aromatic N) is 4. The summed E-state index contributed by atoms with van der Waals surface area (Å²) in [5.41, 5.74) is 13.4. The summed E-state index contributed by atoms with van der Waals surface area (Å²) in [5.74, 6) is -1.91. The van der Waals surface area contributed by atoms with Gasteiger partial charge in [0.15, 0.2) is 0 Å². The molecule has 0 aliphatic carbocycles. The van der Waals surface area contributed by atoms with Crippen molar-refractivity contribution in [2.24, 2.45) is 0 Å². The summed E-state index contributed by atoms with van der Waals surface area (Å²) in [7, 11) is 1.76. The fraction of sp³-hybridized carbons (Fsp3) is 0.338. The van der Waals surface area contributed by atoms with Gasteiger partial charge in [-0.3, -0.25) is 38.7 Å². The van der Waals surface area contributed by atoms with Gasteiger partial charge in [0, 0.05) is 150 Å². The first-order valence-electron chi connectivity index (χ1n) is 32.0. The number of methoxy groups -OCH3 is 1. The summed E-state index contributed by atoms with van der Waals surface area (Å²) < 4.78 is 25.2. The molecule has 0 bridgehead atoms. The van der Waals surface area contributed by atoms with Crippen molar-refractivity contribution in [3.05, 3.63) is 163 Å². The second-order valence-corrected chi connectivity index (χ2v) is 33.9. The van der Waals surface area contributed by atoms with Gasteiger partial charge in [-0.05, 0) is 200 Å². The third kappa shape index (κ3) is 19.8. The van der Waals surface area contributed by atoms with E-state index in [0.717, 1.165) is 115 Å². The lowest BCUT2D eigenvalue weighted by molar-refractivity contribution is -0.138. The normalized spacial score (nSPS) is 11.8. The highest BCUT2D eigenvalue weighted by atomic mass is 32.1. The molecule has 0 unspecified atom stereocenters. The summed E-state index contributed by atoms with van der Waals surface area (Å²) in [6.07, 6.45) is 13.9. The van der Waals surface area contributed by atoms with Gasteiger partial charge in [-0.25, -0.2) is 0 Å². The van der Waals surface area contributed by atoms with Crippen LogP contribution in [0.25, 0.3) is 72.8 Å². The van der Waals surface area contributed by atoms with Crippen LogP contribution in [0.4, 0.5) is 0 Å². The Morgan fingerprint density at radius 2 is 0.949 bits per heavy atom. The number of hydrogen-bond donors (Lipinski definition) is 2. The van der Waals surface area contributed by atoms with Gasteiger partial charge in [0.25, 0.3) is 24.8 Å². The molecule has 1 aromatic carbocycles. The number of thiophene rings is 8. The van der Waals surface area contributed by atoms with E-state index in [9.17, 15) is 28.8 Å². The Morgan fingerprint density at radius 3 is 1.47 bits per heavy atom. The standard InChI is InChI=1S/C26H22N2O4S4.C23H21NO4S3.C14H17NO2S.C11H18OS/c1-14-16(3-8-24(30)31)12-23(34-14)21-7-6-20(35-21)18-4-5-19(26-25(18)27-36-28-26)22-11-17(15(2)33-22)9-10-32-13-29;1-13-15(3-4-21(26)27)9-19(30-13)18-11-24-22(23-17(18)6-8-29-23)20-10-16(14(2)31-20)5-7-28-12-25;1-10-9-12(11(2)18-10)5-3-4-8-15-13(16)6-7-14(15)17;1-9-8-11(10(2)13-9)6-4-5-7-12-3/h4-7,11-13H,3,8-10H2,1-2H3,(H,30,31);6,8-12H,3-5,7H2,1-2H3,(H,26,27);6-7,9H,3-5,8H2,1-2H3;8H,4-7H2,1-3H3. The minimum atomic E-state index is -0.776. The maximum absolute atomic E-state index is 11.3. The van der Waals surface area contributed by atoms with E-state index in [-0.39, 0.29) is 24.7 Å². The molecule has 0 spiro atoms. The van der Waals surface area contributed by atoms with Crippen molar-refractivity contribution in [3.63, 3.8) is 0 Å². The Labute approximate surface area is 607 Å². The minimum absolute atomic E-state index is 0.139. The number of aryl methyl sites for hydroxylation is 12. The quantitative estimate of drug-likeness (QED) is 0.0254. The molecule has 2 amide bonds. The number of carboxylic acids is 2. The van der Waals surface area contributed by atoms with Crippen LogP contribution in [0.2, 0.25) is 0 Å². The number of rotatable bonds is 29. The predicted octanol–water partition coefficient (Wildman–Crippen LogP) is 19.3. The Kier molecular flexibility index (Phi) is 27.7. The molecule has 98 heavy (non-hydrogen) atoms. The number of carbonyl (C=O) groups is 6. The Bertz CT molecular complexity index is 4580. The predicted molar refractivity (Wildman–Crippen MR) is 407 cm³/mol. The highest BCUT2D eigenvalue weighted by Crippen LogP contribution is 2.45. The molecule has 10 aromatic heterocycles. The number of carbonyl (C=O) groups excluding carboxylic acids is 4. The average Bonchev–Trinajstić information content (AvgIpc) is 1.62. The van der Waals surface area contributed by atoms with E-state index in [4.69, 9.17) is 29.4 Å². The second-order valence-electron chi connectivity index (χ2n) is 23.4. The van der Waals surface area contributed by atoms with Gasteiger partial charge in [-0.15, -0.1) is 90.7 Å². The molecule has 0 radical (unpaired) electrons.